The van der Waals surface area contributed by atoms with Gasteiger partial charge in [-0.25, -0.2) is 0 Å². The number of hydrogen-bond acceptors (Lipinski definition) is 4. The first-order valence-electron chi connectivity index (χ1n) is 5.63. The van der Waals surface area contributed by atoms with E-state index in [2.05, 4.69) is 4.90 Å². The number of ether oxygens (including phenoxy) is 1. The highest BCUT2D eigenvalue weighted by molar-refractivity contribution is 5.43. The zero-order valence-corrected chi connectivity index (χ0v) is 9.30. The van der Waals surface area contributed by atoms with Gasteiger partial charge in [0.2, 0.25) is 0 Å². The Bertz CT molecular complexity index is 344. The fourth-order valence-corrected chi connectivity index (χ4v) is 1.91. The normalized spacial score (nSPS) is 21.2. The van der Waals surface area contributed by atoms with Gasteiger partial charge in [-0.3, -0.25) is 4.90 Å². The Kier molecular flexibility index (Phi) is 3.64. The predicted octanol–water partition coefficient (Wildman–Crippen LogP) is 0.714. The van der Waals surface area contributed by atoms with Gasteiger partial charge >= 0.3 is 0 Å². The smallest absolute Gasteiger partial charge is 0.121 e. The molecule has 1 aliphatic heterocycles. The molecule has 0 aliphatic carbocycles. The fraction of sp³-hybridized carbons (Fsp3) is 0.500. The SMILES string of the molecule is Nc1cccc(OCCN2CCC(O)C2)c1. The van der Waals surface area contributed by atoms with Crippen molar-refractivity contribution in [1.82, 2.24) is 4.90 Å². The number of nitrogens with two attached hydrogens (primary N) is 1. The molecule has 1 aromatic carbocycles. The summed E-state index contributed by atoms with van der Waals surface area (Å²) in [5, 5.41) is 9.35. The summed E-state index contributed by atoms with van der Waals surface area (Å²) in [6, 6.07) is 7.43. The Balaban J connectivity index is 1.72. The second-order valence-electron chi connectivity index (χ2n) is 4.16. The molecular formula is C12H18N2O2. The Hall–Kier alpha value is -1.26. The first-order valence-corrected chi connectivity index (χ1v) is 5.63. The zero-order chi connectivity index (χ0) is 11.4. The summed E-state index contributed by atoms with van der Waals surface area (Å²) in [4.78, 5) is 2.21. The van der Waals surface area contributed by atoms with E-state index in [0.717, 1.165) is 31.8 Å². The lowest BCUT2D eigenvalue weighted by molar-refractivity contribution is 0.167. The van der Waals surface area contributed by atoms with Crippen LogP contribution in [0.5, 0.6) is 5.75 Å². The van der Waals surface area contributed by atoms with Crippen LogP contribution < -0.4 is 10.5 Å². The molecule has 0 spiro atoms. The molecule has 0 amide bonds. The maximum atomic E-state index is 9.35. The third-order valence-electron chi connectivity index (χ3n) is 2.78. The van der Waals surface area contributed by atoms with Gasteiger partial charge in [-0.1, -0.05) is 6.07 Å². The molecule has 0 bridgehead atoms. The van der Waals surface area contributed by atoms with E-state index in [9.17, 15) is 5.11 Å². The van der Waals surface area contributed by atoms with Gasteiger partial charge in [-0.15, -0.1) is 0 Å². The average Bonchev–Trinajstić information content (AvgIpc) is 2.64. The first kappa shape index (κ1) is 11.2. The molecule has 1 aromatic rings. The van der Waals surface area contributed by atoms with E-state index in [0.29, 0.717) is 12.3 Å². The number of aliphatic hydroxyl groups excluding tert-OH is 1. The lowest BCUT2D eigenvalue weighted by Gasteiger charge is -2.15. The zero-order valence-electron chi connectivity index (χ0n) is 9.30. The molecule has 4 nitrogen and oxygen atoms in total. The molecule has 1 unspecified atom stereocenters. The van der Waals surface area contributed by atoms with Crippen LogP contribution in [0.1, 0.15) is 6.42 Å². The molecule has 2 rings (SSSR count). The van der Waals surface area contributed by atoms with Gasteiger partial charge in [-0.05, 0) is 18.6 Å². The fourth-order valence-electron chi connectivity index (χ4n) is 1.91. The summed E-state index contributed by atoms with van der Waals surface area (Å²) >= 11 is 0. The second kappa shape index (κ2) is 5.18. The van der Waals surface area contributed by atoms with E-state index in [-0.39, 0.29) is 6.10 Å². The standard InChI is InChI=1S/C12H18N2O2/c13-10-2-1-3-12(8-10)16-7-6-14-5-4-11(15)9-14/h1-3,8,11,15H,4-7,9,13H2. The number of aliphatic hydroxyl groups is 1. The summed E-state index contributed by atoms with van der Waals surface area (Å²) in [5.74, 6) is 0.805. The minimum atomic E-state index is -0.160. The number of hydrogen-bond donors (Lipinski definition) is 2. The third kappa shape index (κ3) is 3.12. The number of β-amino-alcohol motifs (C(OH)–C–C–N with tert-alkyl or cyclic N) is 1. The van der Waals surface area contributed by atoms with E-state index in [4.69, 9.17) is 10.5 Å². The molecule has 1 atom stereocenters. The minimum Gasteiger partial charge on any atom is -0.492 e. The van der Waals surface area contributed by atoms with E-state index in [1.807, 2.05) is 24.3 Å². The second-order valence-corrected chi connectivity index (χ2v) is 4.16. The van der Waals surface area contributed by atoms with Crippen molar-refractivity contribution < 1.29 is 9.84 Å². The Morgan fingerprint density at radius 2 is 2.38 bits per heavy atom. The van der Waals surface area contributed by atoms with Crippen LogP contribution in [0.15, 0.2) is 24.3 Å². The van der Waals surface area contributed by atoms with Crippen LogP contribution in [0.4, 0.5) is 5.69 Å². The van der Waals surface area contributed by atoms with Gasteiger partial charge in [0.1, 0.15) is 12.4 Å². The summed E-state index contributed by atoms with van der Waals surface area (Å²) < 4.78 is 5.58. The molecule has 88 valence electrons. The monoisotopic (exact) mass is 222 g/mol. The summed E-state index contributed by atoms with van der Waals surface area (Å²) in [6.07, 6.45) is 0.713. The highest BCUT2D eigenvalue weighted by Crippen LogP contribution is 2.14. The molecule has 0 radical (unpaired) electrons. The molecule has 1 saturated heterocycles. The van der Waals surface area contributed by atoms with Crippen LogP contribution in [-0.2, 0) is 0 Å². The van der Waals surface area contributed by atoms with Crippen LogP contribution >= 0.6 is 0 Å². The summed E-state index contributed by atoms with van der Waals surface area (Å²) in [7, 11) is 0. The Labute approximate surface area is 95.6 Å². The topological polar surface area (TPSA) is 58.7 Å². The van der Waals surface area contributed by atoms with E-state index in [1.165, 1.54) is 0 Å². The quantitative estimate of drug-likeness (QED) is 0.737. The molecule has 3 N–H and O–H groups in total. The van der Waals surface area contributed by atoms with Gasteiger partial charge in [0.25, 0.3) is 0 Å². The summed E-state index contributed by atoms with van der Waals surface area (Å²) in [5.41, 5.74) is 6.36. The van der Waals surface area contributed by atoms with Crippen LogP contribution in [-0.4, -0.2) is 42.4 Å². The molecule has 1 heterocycles. The summed E-state index contributed by atoms with van der Waals surface area (Å²) in [6.45, 7) is 3.21. The Morgan fingerprint density at radius 1 is 1.50 bits per heavy atom. The molecular weight excluding hydrogens is 204 g/mol. The van der Waals surface area contributed by atoms with Crippen molar-refractivity contribution in [3.8, 4) is 5.75 Å². The van der Waals surface area contributed by atoms with Crippen LogP contribution in [0.25, 0.3) is 0 Å². The van der Waals surface area contributed by atoms with Crippen molar-refractivity contribution >= 4 is 5.69 Å². The number of likely N-dealkylation sites (tertiary alicyclic amines) is 1. The van der Waals surface area contributed by atoms with Gasteiger partial charge in [0.05, 0.1) is 6.10 Å². The molecule has 4 heteroatoms. The van der Waals surface area contributed by atoms with Crippen molar-refractivity contribution in [1.29, 1.82) is 0 Å². The maximum absolute atomic E-state index is 9.35. The lowest BCUT2D eigenvalue weighted by Crippen LogP contribution is -2.27. The van der Waals surface area contributed by atoms with E-state index < -0.39 is 0 Å². The minimum absolute atomic E-state index is 0.160. The predicted molar refractivity (Wildman–Crippen MR) is 63.4 cm³/mol. The maximum Gasteiger partial charge on any atom is 0.121 e. The van der Waals surface area contributed by atoms with Crippen molar-refractivity contribution in [2.45, 2.75) is 12.5 Å². The average molecular weight is 222 g/mol. The van der Waals surface area contributed by atoms with Gasteiger partial charge < -0.3 is 15.6 Å². The van der Waals surface area contributed by atoms with Gasteiger partial charge in [0.15, 0.2) is 0 Å². The Morgan fingerprint density at radius 3 is 3.06 bits per heavy atom. The van der Waals surface area contributed by atoms with Crippen molar-refractivity contribution in [2.24, 2.45) is 0 Å². The molecule has 0 aromatic heterocycles. The van der Waals surface area contributed by atoms with Crippen LogP contribution in [0.3, 0.4) is 0 Å². The van der Waals surface area contributed by atoms with Gasteiger partial charge in [-0.2, -0.15) is 0 Å². The first-order chi connectivity index (χ1) is 7.74. The highest BCUT2D eigenvalue weighted by Gasteiger charge is 2.19. The van der Waals surface area contributed by atoms with Crippen LogP contribution in [0.2, 0.25) is 0 Å². The molecule has 1 aliphatic rings. The van der Waals surface area contributed by atoms with E-state index >= 15 is 0 Å². The molecule has 16 heavy (non-hydrogen) atoms. The number of anilines is 1. The molecule has 0 saturated carbocycles. The third-order valence-corrected chi connectivity index (χ3v) is 2.78. The highest BCUT2D eigenvalue weighted by atomic mass is 16.5. The number of nitrogen functional groups attached to an aromatic ring is 1. The lowest BCUT2D eigenvalue weighted by atomic mass is 10.3. The number of nitrogens with zero attached hydrogens (tertiary/aromatic N) is 1. The van der Waals surface area contributed by atoms with Crippen molar-refractivity contribution in [3.63, 3.8) is 0 Å². The largest absolute Gasteiger partial charge is 0.492 e. The number of benzene rings is 1. The molecule has 1 fully saturated rings. The van der Waals surface area contributed by atoms with Crippen molar-refractivity contribution in [2.75, 3.05) is 32.0 Å². The van der Waals surface area contributed by atoms with Crippen molar-refractivity contribution in [3.05, 3.63) is 24.3 Å². The van der Waals surface area contributed by atoms with Crippen LogP contribution in [0, 0.1) is 0 Å². The van der Waals surface area contributed by atoms with Gasteiger partial charge in [0, 0.05) is 31.4 Å². The number of rotatable bonds is 4. The van der Waals surface area contributed by atoms with E-state index in [1.54, 1.807) is 0 Å².